The summed E-state index contributed by atoms with van der Waals surface area (Å²) in [5.74, 6) is 3.47. The average Bonchev–Trinajstić information content (AvgIpc) is 3.12. The van der Waals surface area contributed by atoms with E-state index in [0.717, 1.165) is 25.7 Å². The van der Waals surface area contributed by atoms with Crippen LogP contribution in [0.2, 0.25) is 0 Å². The van der Waals surface area contributed by atoms with E-state index in [4.69, 9.17) is 42.7 Å². The predicted molar refractivity (Wildman–Crippen MR) is 212 cm³/mol. The highest BCUT2D eigenvalue weighted by Gasteiger charge is 2.44. The van der Waals surface area contributed by atoms with Crippen molar-refractivity contribution in [1.82, 2.24) is 4.67 Å². The van der Waals surface area contributed by atoms with Crippen molar-refractivity contribution in [2.75, 3.05) is 33.0 Å². The summed E-state index contributed by atoms with van der Waals surface area (Å²) in [5, 5.41) is 8.96. The zero-order chi connectivity index (χ0) is 39.4. The van der Waals surface area contributed by atoms with Gasteiger partial charge in [-0.25, -0.2) is 4.67 Å². The fraction of sp³-hybridized carbons (Fsp3) is 0.976. The van der Waals surface area contributed by atoms with Crippen LogP contribution in [0.1, 0.15) is 129 Å². The molecular weight excluding hydrogens is 691 g/mol. The van der Waals surface area contributed by atoms with Gasteiger partial charge in [0, 0.05) is 36.4 Å². The number of nitriles is 1. The number of hydrogen-bond acceptors (Lipinski definition) is 10. The number of unbranched alkanes of at least 4 members (excludes halogenated alkanes) is 2. The van der Waals surface area contributed by atoms with Gasteiger partial charge < -0.3 is 37.5 Å². The second kappa shape index (κ2) is 23.1. The molecule has 53 heavy (non-hydrogen) atoms. The highest BCUT2D eigenvalue weighted by molar-refractivity contribution is 7.44. The first-order chi connectivity index (χ1) is 25.1. The molecule has 3 aliphatic heterocycles. The molecule has 0 radical (unpaired) electrons. The lowest BCUT2D eigenvalue weighted by Gasteiger charge is -2.47. The topological polar surface area (TPSA) is 101 Å². The monoisotopic (exact) mass is 771 g/mol. The lowest BCUT2D eigenvalue weighted by atomic mass is 9.78. The number of rotatable bonds is 21. The molecule has 0 aromatic carbocycles. The van der Waals surface area contributed by atoms with Crippen LogP contribution in [0.25, 0.3) is 0 Å². The van der Waals surface area contributed by atoms with Crippen molar-refractivity contribution in [2.24, 2.45) is 53.3 Å². The molecule has 0 aromatic rings. The Bertz CT molecular complexity index is 1050. The quantitative estimate of drug-likeness (QED) is 0.0829. The third-order valence-corrected chi connectivity index (χ3v) is 15.2. The van der Waals surface area contributed by atoms with Crippen LogP contribution >= 0.6 is 8.53 Å². The van der Waals surface area contributed by atoms with Crippen molar-refractivity contribution in [3.05, 3.63) is 0 Å². The third-order valence-electron chi connectivity index (χ3n) is 13.1. The normalized spacial score (nSPS) is 38.8. The molecule has 3 fully saturated rings. The molecule has 0 aromatic heterocycles. The van der Waals surface area contributed by atoms with E-state index in [1.54, 1.807) is 0 Å². The van der Waals surface area contributed by atoms with Gasteiger partial charge in [-0.05, 0) is 88.9 Å². The largest absolute Gasteiger partial charge is 0.352 e. The Morgan fingerprint density at radius 2 is 0.962 bits per heavy atom. The fourth-order valence-electron chi connectivity index (χ4n) is 8.30. The summed E-state index contributed by atoms with van der Waals surface area (Å²) in [6, 6.07) is 2.75. The minimum Gasteiger partial charge on any atom is -0.352 e. The molecule has 16 unspecified atom stereocenters. The van der Waals surface area contributed by atoms with Gasteiger partial charge in [0.2, 0.25) is 0 Å². The van der Waals surface area contributed by atoms with Crippen LogP contribution in [0.5, 0.6) is 0 Å². The van der Waals surface area contributed by atoms with Gasteiger partial charge in [0.05, 0.1) is 57.2 Å². The minimum atomic E-state index is -1.20. The first-order valence-electron chi connectivity index (χ1n) is 21.2. The van der Waals surface area contributed by atoms with E-state index in [2.05, 4.69) is 108 Å². The second-order valence-corrected chi connectivity index (χ2v) is 18.7. The van der Waals surface area contributed by atoms with Gasteiger partial charge in [0.1, 0.15) is 0 Å². The van der Waals surface area contributed by atoms with Crippen LogP contribution in [0.4, 0.5) is 0 Å². The lowest BCUT2D eigenvalue weighted by molar-refractivity contribution is -0.304. The summed E-state index contributed by atoms with van der Waals surface area (Å²) in [5.41, 5.74) is 0. The van der Waals surface area contributed by atoms with Crippen molar-refractivity contribution in [3.8, 4) is 6.07 Å². The van der Waals surface area contributed by atoms with E-state index in [0.29, 0.717) is 93.0 Å². The first kappa shape index (κ1) is 46.9. The molecule has 16 atom stereocenters. The molecule has 0 N–H and O–H groups in total. The molecule has 310 valence electrons. The van der Waals surface area contributed by atoms with Crippen LogP contribution in [0.3, 0.4) is 0 Å². The molecule has 0 saturated carbocycles. The van der Waals surface area contributed by atoms with Gasteiger partial charge in [0.15, 0.2) is 18.9 Å². The molecule has 0 bridgehead atoms. The average molecular weight is 771 g/mol. The Labute approximate surface area is 325 Å². The summed E-state index contributed by atoms with van der Waals surface area (Å²) in [6.07, 6.45) is 3.51. The molecule has 0 spiro atoms. The van der Waals surface area contributed by atoms with Crippen molar-refractivity contribution in [1.29, 1.82) is 5.26 Å². The van der Waals surface area contributed by atoms with Crippen LogP contribution < -0.4 is 0 Å². The number of ether oxygens (including phenoxy) is 6. The molecule has 3 saturated heterocycles. The maximum atomic E-state index is 8.96. The second-order valence-electron chi connectivity index (χ2n) is 17.2. The van der Waals surface area contributed by atoms with E-state index in [9.17, 15) is 0 Å². The smallest absolute Gasteiger partial charge is 0.259 e. The van der Waals surface area contributed by atoms with E-state index in [1.807, 2.05) is 0 Å². The molecule has 3 aliphatic rings. The van der Waals surface area contributed by atoms with E-state index < -0.39 is 8.53 Å². The van der Waals surface area contributed by atoms with E-state index in [1.165, 1.54) is 0 Å². The van der Waals surface area contributed by atoms with Crippen LogP contribution in [-0.2, 0) is 37.5 Å². The standard InChI is InChI=1S/C42H79N2O8P/c1-15-37-31(9)28(6)35(13)41(50-37)46-25-39-33(11)30(8)36(14)42(52-39)47-24-38-32(10)29(7)34(12)40(51-38)45-21-17-16-18-22-48-53(49-23-19-20-43)44(26(2)3)27(4)5/h26-42H,15-19,21-25H2,1-14H3. The zero-order valence-corrected chi connectivity index (χ0v) is 36.9. The number of nitrogens with zero attached hydrogens (tertiary/aromatic N) is 2. The Balaban J connectivity index is 1.47. The maximum absolute atomic E-state index is 8.96. The first-order valence-corrected chi connectivity index (χ1v) is 22.3. The van der Waals surface area contributed by atoms with E-state index >= 15 is 0 Å². The molecule has 0 aliphatic carbocycles. The molecule has 10 nitrogen and oxygen atoms in total. The number of hydrogen-bond donors (Lipinski definition) is 0. The molecular formula is C42H79N2O8P. The summed E-state index contributed by atoms with van der Waals surface area (Å²) >= 11 is 0. The fourth-order valence-corrected chi connectivity index (χ4v) is 9.92. The van der Waals surface area contributed by atoms with Crippen LogP contribution in [-0.4, -0.2) is 87.0 Å². The Morgan fingerprint density at radius 1 is 0.547 bits per heavy atom. The van der Waals surface area contributed by atoms with Crippen LogP contribution in [0.15, 0.2) is 0 Å². The van der Waals surface area contributed by atoms with Gasteiger partial charge in [-0.1, -0.05) is 69.2 Å². The van der Waals surface area contributed by atoms with Crippen molar-refractivity contribution < 1.29 is 37.5 Å². The molecule has 3 rings (SSSR count). The lowest BCUT2D eigenvalue weighted by Crippen LogP contribution is -2.52. The Kier molecular flexibility index (Phi) is 20.4. The third kappa shape index (κ3) is 13.0. The van der Waals surface area contributed by atoms with Gasteiger partial charge in [0.25, 0.3) is 8.53 Å². The molecule has 0 amide bonds. The van der Waals surface area contributed by atoms with E-state index in [-0.39, 0.29) is 49.0 Å². The van der Waals surface area contributed by atoms with Crippen molar-refractivity contribution in [3.63, 3.8) is 0 Å². The summed E-state index contributed by atoms with van der Waals surface area (Å²) in [4.78, 5) is 0. The molecule has 3 heterocycles. The highest BCUT2D eigenvalue weighted by Crippen LogP contribution is 2.46. The summed E-state index contributed by atoms with van der Waals surface area (Å²) in [6.45, 7) is 34.0. The highest BCUT2D eigenvalue weighted by atomic mass is 31.2. The van der Waals surface area contributed by atoms with Gasteiger partial charge in [-0.2, -0.15) is 5.26 Å². The summed E-state index contributed by atoms with van der Waals surface area (Å²) in [7, 11) is -1.20. The predicted octanol–water partition coefficient (Wildman–Crippen LogP) is 9.81. The SMILES string of the molecule is CCC1OC(OCC2OC(OCC3OC(OCCCCCOP(OCCC#N)N(C(C)C)C(C)C)C(C)C(C)C3C)C(C)C(C)C2C)C(C)C(C)C1C. The van der Waals surface area contributed by atoms with Crippen molar-refractivity contribution >= 4 is 8.53 Å². The Hall–Kier alpha value is -0.440. The minimum absolute atomic E-state index is 0.0609. The van der Waals surface area contributed by atoms with Gasteiger partial charge >= 0.3 is 0 Å². The zero-order valence-electron chi connectivity index (χ0n) is 36.0. The summed E-state index contributed by atoms with van der Waals surface area (Å²) < 4.78 is 53.8. The van der Waals surface area contributed by atoms with Gasteiger partial charge in [-0.3, -0.25) is 0 Å². The molecule has 11 heteroatoms. The van der Waals surface area contributed by atoms with Crippen molar-refractivity contribution in [2.45, 2.75) is 178 Å². The van der Waals surface area contributed by atoms with Gasteiger partial charge in [-0.15, -0.1) is 0 Å². The Morgan fingerprint density at radius 3 is 1.42 bits per heavy atom. The maximum Gasteiger partial charge on any atom is 0.259 e. The van der Waals surface area contributed by atoms with Crippen LogP contribution in [0, 0.1) is 64.6 Å².